The Morgan fingerprint density at radius 1 is 1.35 bits per heavy atom. The Morgan fingerprint density at radius 2 is 2.10 bits per heavy atom. The lowest BCUT2D eigenvalue weighted by atomic mass is 9.97. The molecule has 1 aromatic carbocycles. The molecule has 4 heteroatoms. The molecule has 1 fully saturated rings. The van der Waals surface area contributed by atoms with Crippen molar-refractivity contribution >= 4 is 11.8 Å². The molecule has 0 amide bonds. The predicted octanol–water partition coefficient (Wildman–Crippen LogP) is 2.78. The van der Waals surface area contributed by atoms with Gasteiger partial charge in [0.15, 0.2) is 0 Å². The first-order valence-electron chi connectivity index (χ1n) is 7.44. The summed E-state index contributed by atoms with van der Waals surface area (Å²) in [4.78, 5) is 3.89. The van der Waals surface area contributed by atoms with Crippen LogP contribution in [-0.4, -0.2) is 50.5 Å². The van der Waals surface area contributed by atoms with E-state index in [1.807, 2.05) is 7.05 Å². The highest BCUT2D eigenvalue weighted by atomic mass is 32.2. The second-order valence-corrected chi connectivity index (χ2v) is 6.10. The Morgan fingerprint density at radius 3 is 2.70 bits per heavy atom. The van der Waals surface area contributed by atoms with Gasteiger partial charge in [-0.05, 0) is 44.0 Å². The molecule has 0 aromatic heterocycles. The molecule has 3 nitrogen and oxygen atoms in total. The van der Waals surface area contributed by atoms with Crippen LogP contribution in [0.25, 0.3) is 0 Å². The number of hydrogen-bond donors (Lipinski definition) is 1. The summed E-state index contributed by atoms with van der Waals surface area (Å²) in [5, 5.41) is 3.27. The maximum Gasteiger partial charge on any atom is 0.0896 e. The molecule has 0 aliphatic carbocycles. The topological polar surface area (TPSA) is 24.5 Å². The Kier molecular flexibility index (Phi) is 6.36. The summed E-state index contributed by atoms with van der Waals surface area (Å²) in [7, 11) is 2.00. The minimum Gasteiger partial charge on any atom is -0.374 e. The van der Waals surface area contributed by atoms with E-state index < -0.39 is 0 Å². The van der Waals surface area contributed by atoms with Crippen LogP contribution in [0.5, 0.6) is 0 Å². The molecule has 0 bridgehead atoms. The number of benzene rings is 1. The van der Waals surface area contributed by atoms with Crippen molar-refractivity contribution in [1.82, 2.24) is 10.2 Å². The smallest absolute Gasteiger partial charge is 0.0896 e. The first-order chi connectivity index (χ1) is 9.80. The SMILES string of the molecule is CCCN1CCOC(CNC)C1c1ccc(SC)cc1. The molecule has 1 N–H and O–H groups in total. The van der Waals surface area contributed by atoms with Crippen molar-refractivity contribution in [2.24, 2.45) is 0 Å². The molecule has 1 aromatic rings. The van der Waals surface area contributed by atoms with Gasteiger partial charge >= 0.3 is 0 Å². The predicted molar refractivity (Wildman–Crippen MR) is 86.5 cm³/mol. The van der Waals surface area contributed by atoms with Crippen LogP contribution in [0.2, 0.25) is 0 Å². The van der Waals surface area contributed by atoms with Gasteiger partial charge in [0.05, 0.1) is 18.8 Å². The lowest BCUT2D eigenvalue weighted by Gasteiger charge is -2.41. The molecule has 1 heterocycles. The van der Waals surface area contributed by atoms with E-state index in [2.05, 4.69) is 47.7 Å². The van der Waals surface area contributed by atoms with E-state index in [0.29, 0.717) is 6.04 Å². The van der Waals surface area contributed by atoms with E-state index in [1.54, 1.807) is 11.8 Å². The van der Waals surface area contributed by atoms with Gasteiger partial charge in [0, 0.05) is 18.0 Å². The van der Waals surface area contributed by atoms with Crippen LogP contribution in [0.4, 0.5) is 0 Å². The third kappa shape index (κ3) is 3.76. The summed E-state index contributed by atoms with van der Waals surface area (Å²) < 4.78 is 6.01. The van der Waals surface area contributed by atoms with Gasteiger partial charge < -0.3 is 10.1 Å². The summed E-state index contributed by atoms with van der Waals surface area (Å²) in [5.74, 6) is 0. The molecule has 2 rings (SSSR count). The summed E-state index contributed by atoms with van der Waals surface area (Å²) in [6.45, 7) is 6.15. The first kappa shape index (κ1) is 15.8. The average Bonchev–Trinajstić information content (AvgIpc) is 2.48. The lowest BCUT2D eigenvalue weighted by Crippen LogP contribution is -2.48. The summed E-state index contributed by atoms with van der Waals surface area (Å²) >= 11 is 1.79. The normalized spacial score (nSPS) is 23.9. The third-order valence-electron chi connectivity index (χ3n) is 3.83. The number of morpholine rings is 1. The van der Waals surface area contributed by atoms with Crippen LogP contribution in [0.1, 0.15) is 24.9 Å². The minimum absolute atomic E-state index is 0.237. The van der Waals surface area contributed by atoms with Gasteiger partial charge in [-0.2, -0.15) is 0 Å². The minimum atomic E-state index is 0.237. The largest absolute Gasteiger partial charge is 0.374 e. The second kappa shape index (κ2) is 8.03. The fourth-order valence-electron chi connectivity index (χ4n) is 2.92. The number of hydrogen-bond acceptors (Lipinski definition) is 4. The zero-order chi connectivity index (χ0) is 14.4. The highest BCUT2D eigenvalue weighted by molar-refractivity contribution is 7.98. The van der Waals surface area contributed by atoms with Crippen LogP contribution in [0.15, 0.2) is 29.2 Å². The Bertz CT molecular complexity index is 378. The number of nitrogens with one attached hydrogen (secondary N) is 1. The molecule has 0 radical (unpaired) electrons. The van der Waals surface area contributed by atoms with Gasteiger partial charge in [-0.25, -0.2) is 0 Å². The standard InChI is InChI=1S/C16H26N2OS/c1-4-9-18-10-11-19-15(12-17-2)16(18)13-5-7-14(20-3)8-6-13/h5-8,15-17H,4,9-12H2,1-3H3. The van der Waals surface area contributed by atoms with E-state index >= 15 is 0 Å². The van der Waals surface area contributed by atoms with Gasteiger partial charge in [-0.15, -0.1) is 11.8 Å². The van der Waals surface area contributed by atoms with Crippen molar-refractivity contribution < 1.29 is 4.74 Å². The van der Waals surface area contributed by atoms with E-state index in [-0.39, 0.29) is 6.10 Å². The van der Waals surface area contributed by atoms with Gasteiger partial charge in [-0.3, -0.25) is 4.90 Å². The third-order valence-corrected chi connectivity index (χ3v) is 4.57. The summed E-state index contributed by atoms with van der Waals surface area (Å²) in [6, 6.07) is 9.32. The van der Waals surface area contributed by atoms with Gasteiger partial charge in [0.1, 0.15) is 0 Å². The van der Waals surface area contributed by atoms with Crippen molar-refractivity contribution in [3.63, 3.8) is 0 Å². The fraction of sp³-hybridized carbons (Fsp3) is 0.625. The molecule has 2 atom stereocenters. The number of thioether (sulfide) groups is 1. The molecule has 1 aliphatic heterocycles. The van der Waals surface area contributed by atoms with E-state index in [1.165, 1.54) is 16.9 Å². The van der Waals surface area contributed by atoms with Crippen LogP contribution in [0.3, 0.4) is 0 Å². The molecular formula is C16H26N2OS. The molecule has 1 saturated heterocycles. The Balaban J connectivity index is 2.22. The fourth-order valence-corrected chi connectivity index (χ4v) is 3.33. The first-order valence-corrected chi connectivity index (χ1v) is 8.66. The van der Waals surface area contributed by atoms with Crippen LogP contribution >= 0.6 is 11.8 Å². The maximum absolute atomic E-state index is 6.01. The number of likely N-dealkylation sites (N-methyl/N-ethyl adjacent to an activating group) is 1. The van der Waals surface area contributed by atoms with Crippen molar-refractivity contribution in [3.05, 3.63) is 29.8 Å². The summed E-state index contributed by atoms with van der Waals surface area (Å²) in [6.07, 6.45) is 3.54. The highest BCUT2D eigenvalue weighted by Crippen LogP contribution is 2.30. The Labute approximate surface area is 127 Å². The number of ether oxygens (including phenoxy) is 1. The van der Waals surface area contributed by atoms with Gasteiger partial charge in [0.2, 0.25) is 0 Å². The van der Waals surface area contributed by atoms with Gasteiger partial charge in [-0.1, -0.05) is 19.1 Å². The maximum atomic E-state index is 6.01. The summed E-state index contributed by atoms with van der Waals surface area (Å²) in [5.41, 5.74) is 1.37. The molecule has 0 spiro atoms. The van der Waals surface area contributed by atoms with Crippen molar-refractivity contribution in [2.75, 3.05) is 39.5 Å². The Hall–Kier alpha value is -0.550. The van der Waals surface area contributed by atoms with E-state index in [0.717, 1.165) is 26.2 Å². The van der Waals surface area contributed by atoms with Gasteiger partial charge in [0.25, 0.3) is 0 Å². The number of nitrogens with zero attached hydrogens (tertiary/aromatic N) is 1. The molecule has 2 unspecified atom stereocenters. The molecule has 0 saturated carbocycles. The van der Waals surface area contributed by atoms with Crippen LogP contribution < -0.4 is 5.32 Å². The number of rotatable bonds is 6. The quantitative estimate of drug-likeness (QED) is 0.816. The molecular weight excluding hydrogens is 268 g/mol. The van der Waals surface area contributed by atoms with Crippen molar-refractivity contribution in [3.8, 4) is 0 Å². The highest BCUT2D eigenvalue weighted by Gasteiger charge is 2.32. The van der Waals surface area contributed by atoms with E-state index in [4.69, 9.17) is 4.74 Å². The molecule has 112 valence electrons. The van der Waals surface area contributed by atoms with Crippen LogP contribution in [0, 0.1) is 0 Å². The van der Waals surface area contributed by atoms with E-state index in [9.17, 15) is 0 Å². The average molecular weight is 294 g/mol. The monoisotopic (exact) mass is 294 g/mol. The molecule has 1 aliphatic rings. The van der Waals surface area contributed by atoms with Crippen molar-refractivity contribution in [2.45, 2.75) is 30.4 Å². The zero-order valence-corrected chi connectivity index (χ0v) is 13.6. The second-order valence-electron chi connectivity index (χ2n) is 5.22. The van der Waals surface area contributed by atoms with Crippen molar-refractivity contribution in [1.29, 1.82) is 0 Å². The molecule has 20 heavy (non-hydrogen) atoms. The van der Waals surface area contributed by atoms with Crippen LogP contribution in [-0.2, 0) is 4.74 Å². The lowest BCUT2D eigenvalue weighted by molar-refractivity contribution is -0.0704. The zero-order valence-electron chi connectivity index (χ0n) is 12.8.